The third-order valence-corrected chi connectivity index (χ3v) is 8.93. The van der Waals surface area contributed by atoms with Crippen LogP contribution in [0.25, 0.3) is 0 Å². The third-order valence-electron chi connectivity index (χ3n) is 8.93. The lowest BCUT2D eigenvalue weighted by molar-refractivity contribution is -0.167. The molecule has 0 aromatic carbocycles. The number of carbonyl (C=O) groups is 3. The lowest BCUT2D eigenvalue weighted by Crippen LogP contribution is -2.30. The molecule has 6 nitrogen and oxygen atoms in total. The van der Waals surface area contributed by atoms with Crippen molar-refractivity contribution >= 4 is 17.9 Å². The maximum Gasteiger partial charge on any atom is 0.306 e. The molecule has 1 atom stereocenters. The number of esters is 3. The maximum absolute atomic E-state index is 12.6. The van der Waals surface area contributed by atoms with Crippen molar-refractivity contribution in [3.63, 3.8) is 0 Å². The average Bonchev–Trinajstić information content (AvgIpc) is 3.10. The van der Waals surface area contributed by atoms with Gasteiger partial charge in [-0.25, -0.2) is 0 Å². The molecule has 49 heavy (non-hydrogen) atoms. The average molecular weight is 691 g/mol. The van der Waals surface area contributed by atoms with E-state index >= 15 is 0 Å². The molecule has 0 aliphatic carbocycles. The van der Waals surface area contributed by atoms with E-state index in [0.29, 0.717) is 19.3 Å². The van der Waals surface area contributed by atoms with E-state index in [0.717, 1.165) is 77.0 Å². The van der Waals surface area contributed by atoms with Crippen LogP contribution in [-0.2, 0) is 28.6 Å². The van der Waals surface area contributed by atoms with Crippen LogP contribution < -0.4 is 0 Å². The van der Waals surface area contributed by atoms with E-state index in [1.54, 1.807) is 0 Å². The summed E-state index contributed by atoms with van der Waals surface area (Å²) in [6.45, 7) is 6.51. The summed E-state index contributed by atoms with van der Waals surface area (Å²) in [6.07, 6.45) is 40.3. The molecular formula is C43H78O6. The molecule has 0 amide bonds. The molecule has 6 heteroatoms. The fraction of sp³-hybridized carbons (Fsp3) is 0.837. The van der Waals surface area contributed by atoms with Crippen LogP contribution >= 0.6 is 0 Å². The summed E-state index contributed by atoms with van der Waals surface area (Å²) < 4.78 is 16.6. The summed E-state index contributed by atoms with van der Waals surface area (Å²) in [5, 5.41) is 0. The van der Waals surface area contributed by atoms with E-state index in [-0.39, 0.29) is 31.1 Å². The molecule has 0 rings (SSSR count). The third kappa shape index (κ3) is 37.0. The first-order chi connectivity index (χ1) is 24.0. The maximum atomic E-state index is 12.6. The second-order valence-corrected chi connectivity index (χ2v) is 13.9. The Morgan fingerprint density at radius 1 is 0.388 bits per heavy atom. The molecule has 0 fully saturated rings. The Labute approximate surface area is 303 Å². The Kier molecular flexibility index (Phi) is 37.0. The quantitative estimate of drug-likeness (QED) is 0.0279. The van der Waals surface area contributed by atoms with Crippen LogP contribution in [0.4, 0.5) is 0 Å². The monoisotopic (exact) mass is 691 g/mol. The minimum Gasteiger partial charge on any atom is -0.462 e. The second kappa shape index (κ2) is 38.7. The summed E-state index contributed by atoms with van der Waals surface area (Å²) in [5.74, 6) is -0.906. The summed E-state index contributed by atoms with van der Waals surface area (Å²) in [6, 6.07) is 0. The highest BCUT2D eigenvalue weighted by Gasteiger charge is 2.19. The van der Waals surface area contributed by atoms with Crippen molar-refractivity contribution in [1.29, 1.82) is 0 Å². The highest BCUT2D eigenvalue weighted by atomic mass is 16.6. The summed E-state index contributed by atoms with van der Waals surface area (Å²) in [4.78, 5) is 37.4. The van der Waals surface area contributed by atoms with Crippen LogP contribution in [0.2, 0.25) is 0 Å². The molecule has 0 saturated carbocycles. The molecule has 0 heterocycles. The van der Waals surface area contributed by atoms with E-state index in [9.17, 15) is 14.4 Å². The zero-order chi connectivity index (χ0) is 35.9. The molecule has 0 N–H and O–H groups in total. The molecule has 0 aliphatic rings. The first kappa shape index (κ1) is 46.9. The molecule has 0 radical (unpaired) electrons. The molecule has 0 aromatic heterocycles. The highest BCUT2D eigenvalue weighted by Crippen LogP contribution is 2.13. The fourth-order valence-electron chi connectivity index (χ4n) is 5.72. The lowest BCUT2D eigenvalue weighted by atomic mass is 10.1. The van der Waals surface area contributed by atoms with Gasteiger partial charge in [-0.05, 0) is 70.6 Å². The lowest BCUT2D eigenvalue weighted by Gasteiger charge is -2.18. The van der Waals surface area contributed by atoms with Gasteiger partial charge < -0.3 is 14.2 Å². The van der Waals surface area contributed by atoms with Gasteiger partial charge in [-0.15, -0.1) is 0 Å². The topological polar surface area (TPSA) is 78.9 Å². The van der Waals surface area contributed by atoms with Crippen molar-refractivity contribution in [2.75, 3.05) is 13.2 Å². The molecule has 0 aliphatic heterocycles. The number of allylic oxidation sites excluding steroid dienone is 4. The van der Waals surface area contributed by atoms with Crippen LogP contribution in [0.1, 0.15) is 213 Å². The van der Waals surface area contributed by atoms with Gasteiger partial charge in [0.1, 0.15) is 13.2 Å². The van der Waals surface area contributed by atoms with Gasteiger partial charge in [0, 0.05) is 19.3 Å². The SMILES string of the molecule is CCCCC/C=C\CCCCCCCC(=O)OC(COC(=O)CCCCCCCC)COC(=O)CCCCCCC/C=C\CCCCCC. The van der Waals surface area contributed by atoms with E-state index in [2.05, 4.69) is 45.1 Å². The van der Waals surface area contributed by atoms with Crippen LogP contribution in [0.15, 0.2) is 24.3 Å². The fourth-order valence-corrected chi connectivity index (χ4v) is 5.72. The van der Waals surface area contributed by atoms with Gasteiger partial charge in [0.15, 0.2) is 6.10 Å². The molecule has 0 spiro atoms. The van der Waals surface area contributed by atoms with Crippen molar-refractivity contribution < 1.29 is 28.6 Å². The summed E-state index contributed by atoms with van der Waals surface area (Å²) in [5.41, 5.74) is 0. The Balaban J connectivity index is 4.32. The van der Waals surface area contributed by atoms with Crippen LogP contribution in [0.5, 0.6) is 0 Å². The standard InChI is InChI=1S/C43H78O6/c1-4-7-10-13-16-18-20-22-24-25-27-30-33-36-42(45)48-39-40(38-47-41(44)35-32-29-15-12-9-6-3)49-43(46)37-34-31-28-26-23-21-19-17-14-11-8-5-2/h17-20,40H,4-16,21-39H2,1-3H3/b19-17-,20-18-. The van der Waals surface area contributed by atoms with Crippen molar-refractivity contribution in [2.45, 2.75) is 219 Å². The summed E-state index contributed by atoms with van der Waals surface area (Å²) >= 11 is 0. The smallest absolute Gasteiger partial charge is 0.306 e. The number of unbranched alkanes of at least 4 members (excludes halogenated alkanes) is 22. The van der Waals surface area contributed by atoms with Gasteiger partial charge in [-0.1, -0.05) is 148 Å². The minimum atomic E-state index is -0.770. The number of ether oxygens (including phenoxy) is 3. The molecule has 0 saturated heterocycles. The van der Waals surface area contributed by atoms with E-state index in [1.165, 1.54) is 96.3 Å². The van der Waals surface area contributed by atoms with Crippen LogP contribution in [0, 0.1) is 0 Å². The Morgan fingerprint density at radius 2 is 0.673 bits per heavy atom. The van der Waals surface area contributed by atoms with E-state index in [4.69, 9.17) is 14.2 Å². The first-order valence-electron chi connectivity index (χ1n) is 20.8. The number of carbonyl (C=O) groups excluding carboxylic acids is 3. The van der Waals surface area contributed by atoms with Gasteiger partial charge >= 0.3 is 17.9 Å². The molecule has 286 valence electrons. The first-order valence-corrected chi connectivity index (χ1v) is 20.8. The number of hydrogen-bond donors (Lipinski definition) is 0. The highest BCUT2D eigenvalue weighted by molar-refractivity contribution is 5.71. The van der Waals surface area contributed by atoms with Crippen molar-refractivity contribution in [2.24, 2.45) is 0 Å². The largest absolute Gasteiger partial charge is 0.462 e. The van der Waals surface area contributed by atoms with Gasteiger partial charge in [0.2, 0.25) is 0 Å². The van der Waals surface area contributed by atoms with E-state index in [1.807, 2.05) is 0 Å². The predicted molar refractivity (Wildman–Crippen MR) is 206 cm³/mol. The van der Waals surface area contributed by atoms with Crippen LogP contribution in [0.3, 0.4) is 0 Å². The number of rotatable bonds is 37. The Morgan fingerprint density at radius 3 is 1.08 bits per heavy atom. The predicted octanol–water partition coefficient (Wildman–Crippen LogP) is 12.9. The van der Waals surface area contributed by atoms with Crippen molar-refractivity contribution in [3.8, 4) is 0 Å². The number of hydrogen-bond acceptors (Lipinski definition) is 6. The van der Waals surface area contributed by atoms with Gasteiger partial charge in [-0.2, -0.15) is 0 Å². The molecular weight excluding hydrogens is 612 g/mol. The van der Waals surface area contributed by atoms with E-state index < -0.39 is 6.10 Å². The molecule has 0 bridgehead atoms. The van der Waals surface area contributed by atoms with Crippen molar-refractivity contribution in [1.82, 2.24) is 0 Å². The van der Waals surface area contributed by atoms with Gasteiger partial charge in [0.25, 0.3) is 0 Å². The molecule has 1 unspecified atom stereocenters. The summed E-state index contributed by atoms with van der Waals surface area (Å²) in [7, 11) is 0. The Hall–Kier alpha value is -2.11. The molecule has 0 aromatic rings. The van der Waals surface area contributed by atoms with Crippen LogP contribution in [-0.4, -0.2) is 37.2 Å². The van der Waals surface area contributed by atoms with Crippen molar-refractivity contribution in [3.05, 3.63) is 24.3 Å². The van der Waals surface area contributed by atoms with Gasteiger partial charge in [-0.3, -0.25) is 14.4 Å². The van der Waals surface area contributed by atoms with Gasteiger partial charge in [0.05, 0.1) is 0 Å². The second-order valence-electron chi connectivity index (χ2n) is 13.9. The Bertz CT molecular complexity index is 804. The zero-order valence-corrected chi connectivity index (χ0v) is 32.5. The normalized spacial score (nSPS) is 12.1. The zero-order valence-electron chi connectivity index (χ0n) is 32.5. The minimum absolute atomic E-state index is 0.0766.